The van der Waals surface area contributed by atoms with Crippen molar-refractivity contribution >= 4 is 10.0 Å². The van der Waals surface area contributed by atoms with E-state index < -0.39 is 15.3 Å². The lowest BCUT2D eigenvalue weighted by molar-refractivity contribution is 0.232. The molecule has 0 saturated carbocycles. The highest BCUT2D eigenvalue weighted by atomic mass is 32.2. The number of sulfonamides is 1. The molecule has 1 fully saturated rings. The lowest BCUT2D eigenvalue weighted by Gasteiger charge is -2.38. The van der Waals surface area contributed by atoms with Gasteiger partial charge < -0.3 is 5.32 Å². The Balaban J connectivity index is 2.89. The second kappa shape index (κ2) is 4.70. The third kappa shape index (κ3) is 2.73. The van der Waals surface area contributed by atoms with Gasteiger partial charge in [0.1, 0.15) is 0 Å². The Kier molecular flexibility index (Phi) is 3.94. The van der Waals surface area contributed by atoms with E-state index in [1.165, 1.54) is 4.31 Å². The molecule has 1 unspecified atom stereocenters. The number of rotatable bonds is 3. The van der Waals surface area contributed by atoms with E-state index in [2.05, 4.69) is 5.32 Å². The highest BCUT2D eigenvalue weighted by Crippen LogP contribution is 2.18. The molecule has 1 aliphatic heterocycles. The Morgan fingerprint density at radius 3 is 2.62 bits per heavy atom. The van der Waals surface area contributed by atoms with Crippen LogP contribution in [0.15, 0.2) is 0 Å². The maximum absolute atomic E-state index is 12.1. The zero-order chi connectivity index (χ0) is 12.4. The molecule has 0 radical (unpaired) electrons. The van der Waals surface area contributed by atoms with Crippen LogP contribution in [0, 0.1) is 11.3 Å². The van der Waals surface area contributed by atoms with Crippen LogP contribution in [0.4, 0.5) is 0 Å². The van der Waals surface area contributed by atoms with Gasteiger partial charge in [0.15, 0.2) is 5.25 Å². The first-order valence-electron chi connectivity index (χ1n) is 5.47. The van der Waals surface area contributed by atoms with E-state index in [1.54, 1.807) is 6.92 Å². The van der Waals surface area contributed by atoms with E-state index >= 15 is 0 Å². The first kappa shape index (κ1) is 13.4. The maximum atomic E-state index is 12.1. The standard InChI is InChI=1S/C10H19N3O2S/c1-4-9(7-11)16(14,15)13-6-5-12-10(2,3)8-13/h9,12H,4-6,8H2,1-3H3. The molecule has 5 nitrogen and oxygen atoms in total. The summed E-state index contributed by atoms with van der Waals surface area (Å²) in [5.74, 6) is 0. The minimum Gasteiger partial charge on any atom is -0.309 e. The zero-order valence-electron chi connectivity index (χ0n) is 10.0. The third-order valence-corrected chi connectivity index (χ3v) is 4.96. The molecule has 1 saturated heterocycles. The lowest BCUT2D eigenvalue weighted by atomic mass is 10.0. The Labute approximate surface area is 97.5 Å². The van der Waals surface area contributed by atoms with Gasteiger partial charge in [-0.25, -0.2) is 8.42 Å². The van der Waals surface area contributed by atoms with E-state index in [0.29, 0.717) is 26.1 Å². The van der Waals surface area contributed by atoms with Crippen molar-refractivity contribution in [1.82, 2.24) is 9.62 Å². The quantitative estimate of drug-likeness (QED) is 0.776. The first-order valence-corrected chi connectivity index (χ1v) is 6.97. The Morgan fingerprint density at radius 2 is 2.19 bits per heavy atom. The summed E-state index contributed by atoms with van der Waals surface area (Å²) >= 11 is 0. The van der Waals surface area contributed by atoms with Gasteiger partial charge >= 0.3 is 0 Å². The zero-order valence-corrected chi connectivity index (χ0v) is 10.8. The van der Waals surface area contributed by atoms with Crippen molar-refractivity contribution in [2.24, 2.45) is 0 Å². The van der Waals surface area contributed by atoms with Gasteiger partial charge in [-0.2, -0.15) is 9.57 Å². The predicted molar refractivity (Wildman–Crippen MR) is 62.3 cm³/mol. The van der Waals surface area contributed by atoms with E-state index in [4.69, 9.17) is 5.26 Å². The van der Waals surface area contributed by atoms with Crippen molar-refractivity contribution in [3.8, 4) is 6.07 Å². The Hall–Kier alpha value is -0.640. The summed E-state index contributed by atoms with van der Waals surface area (Å²) in [5.41, 5.74) is -0.223. The van der Waals surface area contributed by atoms with Crippen LogP contribution in [0.3, 0.4) is 0 Å². The van der Waals surface area contributed by atoms with E-state index in [9.17, 15) is 8.42 Å². The summed E-state index contributed by atoms with van der Waals surface area (Å²) in [6.45, 7) is 7.15. The normalized spacial score (nSPS) is 23.6. The second-order valence-electron chi connectivity index (χ2n) is 4.72. The topological polar surface area (TPSA) is 73.2 Å². The molecule has 1 N–H and O–H groups in total. The molecule has 0 aromatic carbocycles. The van der Waals surface area contributed by atoms with Crippen LogP contribution in [0.5, 0.6) is 0 Å². The maximum Gasteiger partial charge on any atom is 0.230 e. The highest BCUT2D eigenvalue weighted by Gasteiger charge is 2.36. The van der Waals surface area contributed by atoms with Crippen LogP contribution in [-0.2, 0) is 10.0 Å². The summed E-state index contributed by atoms with van der Waals surface area (Å²) in [4.78, 5) is 0. The summed E-state index contributed by atoms with van der Waals surface area (Å²) in [7, 11) is -3.46. The van der Waals surface area contributed by atoms with Gasteiger partial charge in [-0.3, -0.25) is 0 Å². The number of hydrogen-bond donors (Lipinski definition) is 1. The molecule has 0 aromatic heterocycles. The van der Waals surface area contributed by atoms with Gasteiger partial charge in [-0.1, -0.05) is 6.92 Å². The van der Waals surface area contributed by atoms with Crippen LogP contribution in [0.2, 0.25) is 0 Å². The number of nitrogens with one attached hydrogen (secondary N) is 1. The number of nitrogens with zero attached hydrogens (tertiary/aromatic N) is 2. The van der Waals surface area contributed by atoms with Gasteiger partial charge in [-0.05, 0) is 20.3 Å². The second-order valence-corrected chi connectivity index (χ2v) is 6.83. The SMILES string of the molecule is CCC(C#N)S(=O)(=O)N1CCNC(C)(C)C1. The molecule has 1 rings (SSSR count). The van der Waals surface area contributed by atoms with Crippen LogP contribution in [-0.4, -0.2) is 43.1 Å². The molecule has 1 aliphatic rings. The molecule has 1 heterocycles. The van der Waals surface area contributed by atoms with E-state index in [0.717, 1.165) is 0 Å². The van der Waals surface area contributed by atoms with E-state index in [-0.39, 0.29) is 5.54 Å². The van der Waals surface area contributed by atoms with Crippen molar-refractivity contribution in [2.45, 2.75) is 38.0 Å². The molecule has 16 heavy (non-hydrogen) atoms. The number of piperazine rings is 1. The largest absolute Gasteiger partial charge is 0.309 e. The van der Waals surface area contributed by atoms with Crippen molar-refractivity contribution in [3.63, 3.8) is 0 Å². The van der Waals surface area contributed by atoms with Crippen LogP contribution < -0.4 is 5.32 Å². The Morgan fingerprint density at radius 1 is 1.56 bits per heavy atom. The van der Waals surface area contributed by atoms with Crippen LogP contribution in [0.1, 0.15) is 27.2 Å². The van der Waals surface area contributed by atoms with Crippen molar-refractivity contribution < 1.29 is 8.42 Å². The van der Waals surface area contributed by atoms with E-state index in [1.807, 2.05) is 19.9 Å². The monoisotopic (exact) mass is 245 g/mol. The van der Waals surface area contributed by atoms with Gasteiger partial charge in [0.25, 0.3) is 0 Å². The number of hydrogen-bond acceptors (Lipinski definition) is 4. The summed E-state index contributed by atoms with van der Waals surface area (Å²) in [5, 5.41) is 11.2. The molecule has 0 amide bonds. The van der Waals surface area contributed by atoms with Crippen molar-refractivity contribution in [1.29, 1.82) is 5.26 Å². The number of nitriles is 1. The fraction of sp³-hybridized carbons (Fsp3) is 0.900. The lowest BCUT2D eigenvalue weighted by Crippen LogP contribution is -2.59. The summed E-state index contributed by atoms with van der Waals surface area (Å²) in [6, 6.07) is 1.87. The smallest absolute Gasteiger partial charge is 0.230 e. The van der Waals surface area contributed by atoms with Crippen LogP contribution in [0.25, 0.3) is 0 Å². The van der Waals surface area contributed by atoms with Crippen molar-refractivity contribution in [3.05, 3.63) is 0 Å². The van der Waals surface area contributed by atoms with Gasteiger partial charge in [0.2, 0.25) is 10.0 Å². The van der Waals surface area contributed by atoms with Gasteiger partial charge in [-0.15, -0.1) is 0 Å². The minimum atomic E-state index is -3.46. The highest BCUT2D eigenvalue weighted by molar-refractivity contribution is 7.90. The fourth-order valence-electron chi connectivity index (χ4n) is 1.86. The van der Waals surface area contributed by atoms with Crippen molar-refractivity contribution in [2.75, 3.05) is 19.6 Å². The molecule has 0 spiro atoms. The molecule has 1 atom stereocenters. The molecule has 0 aliphatic carbocycles. The fourth-order valence-corrected chi connectivity index (χ4v) is 3.62. The molecule has 0 bridgehead atoms. The predicted octanol–water partition coefficient (Wildman–Crippen LogP) is 0.302. The summed E-state index contributed by atoms with van der Waals surface area (Å²) in [6.07, 6.45) is 0.336. The minimum absolute atomic E-state index is 0.223. The average Bonchev–Trinajstić information content (AvgIpc) is 2.17. The molecule has 6 heteroatoms. The molecular weight excluding hydrogens is 226 g/mol. The average molecular weight is 245 g/mol. The van der Waals surface area contributed by atoms with Gasteiger partial charge in [0, 0.05) is 25.2 Å². The third-order valence-electron chi connectivity index (χ3n) is 2.77. The molecule has 92 valence electrons. The molecular formula is C10H19N3O2S. The van der Waals surface area contributed by atoms with Gasteiger partial charge in [0.05, 0.1) is 6.07 Å². The Bertz CT molecular complexity index is 383. The molecule has 0 aromatic rings. The first-order chi connectivity index (χ1) is 7.33. The van der Waals surface area contributed by atoms with Crippen LogP contribution >= 0.6 is 0 Å². The summed E-state index contributed by atoms with van der Waals surface area (Å²) < 4.78 is 25.7.